The molecule has 1 aromatic carbocycles. The predicted octanol–water partition coefficient (Wildman–Crippen LogP) is 1.45. The van der Waals surface area contributed by atoms with Gasteiger partial charge >= 0.3 is 5.97 Å². The molecule has 2 rings (SSSR count). The van der Waals surface area contributed by atoms with Crippen molar-refractivity contribution < 1.29 is 9.90 Å². The van der Waals surface area contributed by atoms with Gasteiger partial charge in [-0.15, -0.1) is 11.3 Å². The first-order valence-electron chi connectivity index (χ1n) is 4.04. The number of benzene rings is 1. The number of hydrogen-bond donors (Lipinski definition) is 2. The second-order valence-corrected chi connectivity index (χ2v) is 3.85. The van der Waals surface area contributed by atoms with Crippen LogP contribution in [0, 0.1) is 0 Å². The molecule has 0 aliphatic rings. The highest BCUT2D eigenvalue weighted by Crippen LogP contribution is 2.25. The van der Waals surface area contributed by atoms with Crippen LogP contribution in [-0.4, -0.2) is 16.1 Å². The minimum Gasteiger partial charge on any atom is -0.478 e. The maximum atomic E-state index is 10.9. The summed E-state index contributed by atoms with van der Waals surface area (Å²) in [5, 5.41) is 9.67. The Balaban J connectivity index is 2.73. The maximum absolute atomic E-state index is 10.9. The summed E-state index contributed by atoms with van der Waals surface area (Å²) in [5.74, 6) is -0.928. The predicted molar refractivity (Wildman–Crippen MR) is 54.5 cm³/mol. The van der Waals surface area contributed by atoms with Crippen LogP contribution in [0.25, 0.3) is 10.2 Å². The van der Waals surface area contributed by atoms with Crippen molar-refractivity contribution in [2.24, 2.45) is 5.73 Å². The van der Waals surface area contributed by atoms with Gasteiger partial charge in [-0.25, -0.2) is 9.78 Å². The molecule has 1 aromatic heterocycles. The van der Waals surface area contributed by atoms with Crippen LogP contribution < -0.4 is 5.73 Å². The van der Waals surface area contributed by atoms with Gasteiger partial charge in [0, 0.05) is 6.54 Å². The number of nitrogens with two attached hydrogens (primary N) is 1. The van der Waals surface area contributed by atoms with E-state index in [-0.39, 0.29) is 0 Å². The Morgan fingerprint density at radius 2 is 2.36 bits per heavy atom. The van der Waals surface area contributed by atoms with Crippen LogP contribution in [0.3, 0.4) is 0 Å². The highest BCUT2D eigenvalue weighted by atomic mass is 32.1. The van der Waals surface area contributed by atoms with Crippen molar-refractivity contribution in [3.8, 4) is 0 Å². The third kappa shape index (κ3) is 1.36. The van der Waals surface area contributed by atoms with Crippen molar-refractivity contribution >= 4 is 27.5 Å². The van der Waals surface area contributed by atoms with E-state index in [1.54, 1.807) is 18.2 Å². The summed E-state index contributed by atoms with van der Waals surface area (Å²) in [7, 11) is 0. The van der Waals surface area contributed by atoms with Crippen LogP contribution in [0.5, 0.6) is 0 Å². The SMILES string of the molecule is NCc1nc2cccc(C(=O)O)c2s1. The summed E-state index contributed by atoms with van der Waals surface area (Å²) in [6.45, 7) is 0.346. The quantitative estimate of drug-likeness (QED) is 0.783. The van der Waals surface area contributed by atoms with Crippen LogP contribution in [-0.2, 0) is 6.54 Å². The third-order valence-electron chi connectivity index (χ3n) is 1.86. The van der Waals surface area contributed by atoms with Crippen LogP contribution >= 0.6 is 11.3 Å². The Bertz CT molecular complexity index is 493. The van der Waals surface area contributed by atoms with E-state index < -0.39 is 5.97 Å². The van der Waals surface area contributed by atoms with Crippen molar-refractivity contribution in [3.05, 3.63) is 28.8 Å². The first-order chi connectivity index (χ1) is 6.72. The van der Waals surface area contributed by atoms with Gasteiger partial charge in [0.1, 0.15) is 5.01 Å². The number of carboxylic acids is 1. The smallest absolute Gasteiger partial charge is 0.337 e. The maximum Gasteiger partial charge on any atom is 0.337 e. The number of carbonyl (C=O) groups is 1. The Labute approximate surface area is 84.0 Å². The molecule has 0 aliphatic heterocycles. The second kappa shape index (κ2) is 3.36. The number of aromatic carboxylic acids is 1. The molecule has 0 amide bonds. The van der Waals surface area contributed by atoms with Gasteiger partial charge in [-0.05, 0) is 12.1 Å². The van der Waals surface area contributed by atoms with E-state index in [4.69, 9.17) is 10.8 Å². The summed E-state index contributed by atoms with van der Waals surface area (Å²) in [6, 6.07) is 5.05. The van der Waals surface area contributed by atoms with E-state index in [2.05, 4.69) is 4.98 Å². The van der Waals surface area contributed by atoms with Gasteiger partial charge in [-0.3, -0.25) is 0 Å². The average molecular weight is 208 g/mol. The van der Waals surface area contributed by atoms with Crippen LogP contribution in [0.1, 0.15) is 15.4 Å². The van der Waals surface area contributed by atoms with E-state index in [1.165, 1.54) is 11.3 Å². The molecule has 5 heteroatoms. The molecule has 0 saturated carbocycles. The average Bonchev–Trinajstić information content (AvgIpc) is 2.59. The zero-order valence-electron chi connectivity index (χ0n) is 7.23. The topological polar surface area (TPSA) is 76.2 Å². The first kappa shape index (κ1) is 9.11. The van der Waals surface area contributed by atoms with Gasteiger partial charge in [-0.2, -0.15) is 0 Å². The summed E-state index contributed by atoms with van der Waals surface area (Å²) >= 11 is 1.34. The molecule has 4 nitrogen and oxygen atoms in total. The normalized spacial score (nSPS) is 10.6. The monoisotopic (exact) mass is 208 g/mol. The fourth-order valence-electron chi connectivity index (χ4n) is 1.25. The first-order valence-corrected chi connectivity index (χ1v) is 4.86. The lowest BCUT2D eigenvalue weighted by Gasteiger charge is -1.93. The lowest BCUT2D eigenvalue weighted by atomic mass is 10.2. The van der Waals surface area contributed by atoms with Gasteiger partial charge in [-0.1, -0.05) is 6.07 Å². The van der Waals surface area contributed by atoms with Crippen molar-refractivity contribution in [2.75, 3.05) is 0 Å². The Morgan fingerprint density at radius 3 is 3.00 bits per heavy atom. The number of aromatic nitrogens is 1. The molecule has 0 unspecified atom stereocenters. The Hall–Kier alpha value is -1.46. The molecule has 2 aromatic rings. The molecule has 0 spiro atoms. The molecule has 72 valence electrons. The number of nitrogens with zero attached hydrogens (tertiary/aromatic N) is 1. The van der Waals surface area contributed by atoms with Crippen molar-refractivity contribution in [2.45, 2.75) is 6.54 Å². The second-order valence-electron chi connectivity index (χ2n) is 2.77. The van der Waals surface area contributed by atoms with E-state index in [0.717, 1.165) is 5.01 Å². The lowest BCUT2D eigenvalue weighted by molar-refractivity contribution is 0.0699. The molecule has 3 N–H and O–H groups in total. The van der Waals surface area contributed by atoms with E-state index in [9.17, 15) is 4.79 Å². The van der Waals surface area contributed by atoms with Crippen molar-refractivity contribution in [3.63, 3.8) is 0 Å². The largest absolute Gasteiger partial charge is 0.478 e. The van der Waals surface area contributed by atoms with Crippen molar-refractivity contribution in [1.29, 1.82) is 0 Å². The summed E-state index contributed by atoms with van der Waals surface area (Å²) in [6.07, 6.45) is 0. The molecular weight excluding hydrogens is 200 g/mol. The van der Waals surface area contributed by atoms with E-state index >= 15 is 0 Å². The molecule has 0 radical (unpaired) electrons. The minimum absolute atomic E-state index is 0.291. The van der Waals surface area contributed by atoms with Crippen LogP contribution in [0.4, 0.5) is 0 Å². The number of hydrogen-bond acceptors (Lipinski definition) is 4. The molecule has 0 aliphatic carbocycles. The molecule has 14 heavy (non-hydrogen) atoms. The van der Waals surface area contributed by atoms with Gasteiger partial charge in [0.15, 0.2) is 0 Å². The van der Waals surface area contributed by atoms with E-state index in [1.807, 2.05) is 0 Å². The molecule has 0 atom stereocenters. The fraction of sp³-hybridized carbons (Fsp3) is 0.111. The molecule has 0 saturated heterocycles. The number of rotatable bonds is 2. The zero-order chi connectivity index (χ0) is 10.1. The minimum atomic E-state index is -0.928. The molecular formula is C9H8N2O2S. The van der Waals surface area contributed by atoms with Gasteiger partial charge < -0.3 is 10.8 Å². The zero-order valence-corrected chi connectivity index (χ0v) is 8.04. The highest BCUT2D eigenvalue weighted by molar-refractivity contribution is 7.19. The van der Waals surface area contributed by atoms with E-state index in [0.29, 0.717) is 22.3 Å². The number of fused-ring (bicyclic) bond motifs is 1. The Kier molecular flexibility index (Phi) is 2.18. The summed E-state index contributed by atoms with van der Waals surface area (Å²) in [4.78, 5) is 15.1. The lowest BCUT2D eigenvalue weighted by Crippen LogP contribution is -1.95. The number of thiazole rings is 1. The van der Waals surface area contributed by atoms with Crippen LogP contribution in [0.15, 0.2) is 18.2 Å². The Morgan fingerprint density at radius 1 is 1.57 bits per heavy atom. The molecule has 0 bridgehead atoms. The third-order valence-corrected chi connectivity index (χ3v) is 2.99. The highest BCUT2D eigenvalue weighted by Gasteiger charge is 2.11. The fourth-order valence-corrected chi connectivity index (χ4v) is 2.20. The van der Waals surface area contributed by atoms with Crippen LogP contribution in [0.2, 0.25) is 0 Å². The van der Waals surface area contributed by atoms with Gasteiger partial charge in [0.25, 0.3) is 0 Å². The number of carboxylic acid groups (broad SMARTS) is 1. The standard InChI is InChI=1S/C9H8N2O2S/c10-4-7-11-6-3-1-2-5(9(12)13)8(6)14-7/h1-3H,4,10H2,(H,12,13). The summed E-state index contributed by atoms with van der Waals surface area (Å²) < 4.78 is 0.695. The summed E-state index contributed by atoms with van der Waals surface area (Å²) in [5.41, 5.74) is 6.44. The van der Waals surface area contributed by atoms with Crippen molar-refractivity contribution in [1.82, 2.24) is 4.98 Å². The molecule has 0 fully saturated rings. The van der Waals surface area contributed by atoms with Gasteiger partial charge in [0.05, 0.1) is 15.8 Å². The van der Waals surface area contributed by atoms with Gasteiger partial charge in [0.2, 0.25) is 0 Å². The molecule has 1 heterocycles.